The number of pyridine rings is 1. The summed E-state index contributed by atoms with van der Waals surface area (Å²) < 4.78 is 1.59. The Balaban J connectivity index is 1.67. The molecule has 25 heavy (non-hydrogen) atoms. The van der Waals surface area contributed by atoms with Gasteiger partial charge in [0, 0.05) is 25.0 Å². The van der Waals surface area contributed by atoms with E-state index in [9.17, 15) is 4.79 Å². The van der Waals surface area contributed by atoms with Crippen LogP contribution in [0, 0.1) is 6.92 Å². The fourth-order valence-electron chi connectivity index (χ4n) is 3.09. The van der Waals surface area contributed by atoms with Crippen molar-refractivity contribution < 1.29 is 0 Å². The number of anilines is 1. The van der Waals surface area contributed by atoms with Gasteiger partial charge >= 0.3 is 0 Å². The average Bonchev–Trinajstić information content (AvgIpc) is 2.62. The van der Waals surface area contributed by atoms with Crippen LogP contribution in [0.2, 0.25) is 0 Å². The molecule has 0 bridgehead atoms. The predicted molar refractivity (Wildman–Crippen MR) is 102 cm³/mol. The third kappa shape index (κ3) is 2.98. The van der Waals surface area contributed by atoms with E-state index in [0.717, 1.165) is 16.9 Å². The van der Waals surface area contributed by atoms with Gasteiger partial charge in [-0.25, -0.2) is 4.98 Å². The summed E-state index contributed by atoms with van der Waals surface area (Å²) in [4.78, 5) is 19.1. The van der Waals surface area contributed by atoms with Crippen molar-refractivity contribution in [1.29, 1.82) is 0 Å². The van der Waals surface area contributed by atoms with Crippen molar-refractivity contribution in [3.05, 3.63) is 88.5 Å². The predicted octanol–water partition coefficient (Wildman–Crippen LogP) is 3.79. The Morgan fingerprint density at radius 1 is 1.00 bits per heavy atom. The van der Waals surface area contributed by atoms with Crippen molar-refractivity contribution in [3.63, 3.8) is 0 Å². The van der Waals surface area contributed by atoms with E-state index in [4.69, 9.17) is 0 Å². The number of hydrogen-bond acceptors (Lipinski definition) is 3. The smallest absolute Gasteiger partial charge is 0.258 e. The highest BCUT2D eigenvalue weighted by atomic mass is 16.1. The molecular formula is C21H19N3O. The Kier molecular flexibility index (Phi) is 3.73. The Morgan fingerprint density at radius 2 is 1.80 bits per heavy atom. The zero-order valence-electron chi connectivity index (χ0n) is 14.3. The second-order valence-corrected chi connectivity index (χ2v) is 6.41. The van der Waals surface area contributed by atoms with E-state index < -0.39 is 0 Å². The third-order valence-corrected chi connectivity index (χ3v) is 4.43. The Labute approximate surface area is 146 Å². The number of aromatic nitrogens is 2. The van der Waals surface area contributed by atoms with Crippen LogP contribution in [0.15, 0.2) is 71.7 Å². The summed E-state index contributed by atoms with van der Waals surface area (Å²) in [6.45, 7) is 2.55. The topological polar surface area (TPSA) is 37.6 Å². The van der Waals surface area contributed by atoms with Crippen LogP contribution in [-0.2, 0) is 6.54 Å². The average molecular weight is 329 g/mol. The second-order valence-electron chi connectivity index (χ2n) is 6.41. The molecule has 0 radical (unpaired) electrons. The molecule has 4 rings (SSSR count). The van der Waals surface area contributed by atoms with E-state index in [1.165, 1.54) is 10.8 Å². The van der Waals surface area contributed by atoms with Gasteiger partial charge in [0.15, 0.2) is 0 Å². The van der Waals surface area contributed by atoms with Crippen molar-refractivity contribution >= 4 is 22.1 Å². The second kappa shape index (κ2) is 6.06. The summed E-state index contributed by atoms with van der Waals surface area (Å²) in [5.74, 6) is 0. The Hall–Kier alpha value is -3.14. The molecule has 0 amide bonds. The zero-order chi connectivity index (χ0) is 17.4. The molecule has 2 aromatic heterocycles. The first-order valence-electron chi connectivity index (χ1n) is 8.29. The van der Waals surface area contributed by atoms with Crippen LogP contribution >= 0.6 is 0 Å². The SMILES string of the molecule is Cc1ccc2nc(CN(C)c3ccc4ccccc4c3)cc(=O)n2c1. The lowest BCUT2D eigenvalue weighted by Gasteiger charge is -2.19. The highest BCUT2D eigenvalue weighted by molar-refractivity contribution is 5.85. The third-order valence-electron chi connectivity index (χ3n) is 4.43. The maximum atomic E-state index is 12.3. The van der Waals surface area contributed by atoms with Gasteiger partial charge in [0.2, 0.25) is 0 Å². The fraction of sp³-hybridized carbons (Fsp3) is 0.143. The zero-order valence-corrected chi connectivity index (χ0v) is 14.3. The summed E-state index contributed by atoms with van der Waals surface area (Å²) in [5, 5.41) is 2.42. The van der Waals surface area contributed by atoms with Gasteiger partial charge in [0.05, 0.1) is 12.2 Å². The molecule has 0 N–H and O–H groups in total. The quantitative estimate of drug-likeness (QED) is 0.574. The highest BCUT2D eigenvalue weighted by Crippen LogP contribution is 2.22. The first kappa shape index (κ1) is 15.4. The molecule has 2 aromatic carbocycles. The van der Waals surface area contributed by atoms with E-state index in [1.54, 1.807) is 10.5 Å². The van der Waals surface area contributed by atoms with E-state index in [2.05, 4.69) is 40.2 Å². The minimum atomic E-state index is -0.0457. The molecule has 4 heteroatoms. The lowest BCUT2D eigenvalue weighted by Crippen LogP contribution is -2.21. The van der Waals surface area contributed by atoms with Crippen molar-refractivity contribution in [2.24, 2.45) is 0 Å². The summed E-state index contributed by atoms with van der Waals surface area (Å²) in [5.41, 5.74) is 3.54. The number of benzene rings is 2. The number of hydrogen-bond donors (Lipinski definition) is 0. The largest absolute Gasteiger partial charge is 0.369 e. The summed E-state index contributed by atoms with van der Waals surface area (Å²) in [7, 11) is 2.02. The Bertz CT molecular complexity index is 1130. The molecular weight excluding hydrogens is 310 g/mol. The fourth-order valence-corrected chi connectivity index (χ4v) is 3.09. The van der Waals surface area contributed by atoms with Crippen molar-refractivity contribution in [2.45, 2.75) is 13.5 Å². The number of rotatable bonds is 3. The van der Waals surface area contributed by atoms with Gasteiger partial charge in [-0.2, -0.15) is 0 Å². The van der Waals surface area contributed by atoms with Gasteiger partial charge in [-0.05, 0) is 41.5 Å². The van der Waals surface area contributed by atoms with Crippen LogP contribution in [0.3, 0.4) is 0 Å². The summed E-state index contributed by atoms with van der Waals surface area (Å²) in [6, 6.07) is 20.1. The van der Waals surface area contributed by atoms with Gasteiger partial charge in [-0.3, -0.25) is 9.20 Å². The summed E-state index contributed by atoms with van der Waals surface area (Å²) in [6.07, 6.45) is 1.82. The molecule has 0 aliphatic heterocycles. The van der Waals surface area contributed by atoms with Crippen LogP contribution in [-0.4, -0.2) is 16.4 Å². The molecule has 0 atom stereocenters. The number of nitrogens with zero attached hydrogens (tertiary/aromatic N) is 3. The molecule has 0 saturated carbocycles. The van der Waals surface area contributed by atoms with E-state index >= 15 is 0 Å². The first-order valence-corrected chi connectivity index (χ1v) is 8.29. The van der Waals surface area contributed by atoms with Crippen LogP contribution in [0.1, 0.15) is 11.3 Å². The molecule has 0 saturated heterocycles. The monoisotopic (exact) mass is 329 g/mol. The van der Waals surface area contributed by atoms with Crippen molar-refractivity contribution in [2.75, 3.05) is 11.9 Å². The number of fused-ring (bicyclic) bond motifs is 2. The molecule has 0 aliphatic carbocycles. The maximum absolute atomic E-state index is 12.3. The molecule has 4 aromatic rings. The first-order chi connectivity index (χ1) is 12.1. The van der Waals surface area contributed by atoms with E-state index in [0.29, 0.717) is 12.2 Å². The van der Waals surface area contributed by atoms with Crippen molar-refractivity contribution in [3.8, 4) is 0 Å². The van der Waals surface area contributed by atoms with Gasteiger partial charge < -0.3 is 4.90 Å². The molecule has 0 spiro atoms. The molecule has 4 nitrogen and oxygen atoms in total. The molecule has 0 unspecified atom stereocenters. The van der Waals surface area contributed by atoms with Gasteiger partial charge in [0.25, 0.3) is 5.56 Å². The van der Waals surface area contributed by atoms with Crippen LogP contribution < -0.4 is 10.5 Å². The van der Waals surface area contributed by atoms with Crippen molar-refractivity contribution in [1.82, 2.24) is 9.38 Å². The van der Waals surface area contributed by atoms with Gasteiger partial charge in [0.1, 0.15) is 5.65 Å². The van der Waals surface area contributed by atoms with Crippen LogP contribution in [0.4, 0.5) is 5.69 Å². The minimum absolute atomic E-state index is 0.0457. The van der Waals surface area contributed by atoms with Gasteiger partial charge in [-0.1, -0.05) is 36.4 Å². The maximum Gasteiger partial charge on any atom is 0.258 e. The van der Waals surface area contributed by atoms with E-state index in [-0.39, 0.29) is 5.56 Å². The van der Waals surface area contributed by atoms with E-state index in [1.807, 2.05) is 44.4 Å². The van der Waals surface area contributed by atoms with Crippen LogP contribution in [0.25, 0.3) is 16.4 Å². The summed E-state index contributed by atoms with van der Waals surface area (Å²) >= 11 is 0. The minimum Gasteiger partial charge on any atom is -0.369 e. The van der Waals surface area contributed by atoms with Gasteiger partial charge in [-0.15, -0.1) is 0 Å². The molecule has 124 valence electrons. The number of aryl methyl sites for hydroxylation is 1. The standard InChI is InChI=1S/C21H19N3O/c1-15-7-10-20-22-18(12-21(25)24(20)13-15)14-23(2)19-9-8-16-5-3-4-6-17(16)11-19/h3-13H,14H2,1-2H3. The lowest BCUT2D eigenvalue weighted by molar-refractivity contribution is 0.870. The lowest BCUT2D eigenvalue weighted by atomic mass is 10.1. The molecule has 0 fully saturated rings. The molecule has 2 heterocycles. The normalized spacial score (nSPS) is 11.1. The molecule has 0 aliphatic rings. The Morgan fingerprint density at radius 3 is 2.64 bits per heavy atom. The highest BCUT2D eigenvalue weighted by Gasteiger charge is 2.07. The van der Waals surface area contributed by atoms with Crippen LogP contribution in [0.5, 0.6) is 0 Å².